The molecule has 3 aromatic rings. The second-order valence-corrected chi connectivity index (χ2v) is 8.90. The number of methoxy groups -OCH3 is 2. The molecule has 0 saturated heterocycles. The zero-order chi connectivity index (χ0) is 22.4. The van der Waals surface area contributed by atoms with E-state index in [9.17, 15) is 4.79 Å². The van der Waals surface area contributed by atoms with Gasteiger partial charge in [-0.2, -0.15) is 5.10 Å². The monoisotopic (exact) mass is 567 g/mol. The van der Waals surface area contributed by atoms with E-state index in [0.717, 1.165) is 20.3 Å². The van der Waals surface area contributed by atoms with Crippen LogP contribution in [0.3, 0.4) is 0 Å². The van der Waals surface area contributed by atoms with Crippen molar-refractivity contribution in [2.75, 3.05) is 20.0 Å². The Morgan fingerprint density at radius 3 is 2.68 bits per heavy atom. The van der Waals surface area contributed by atoms with Crippen molar-refractivity contribution in [3.05, 3.63) is 50.9 Å². The van der Waals surface area contributed by atoms with E-state index < -0.39 is 0 Å². The van der Waals surface area contributed by atoms with Crippen molar-refractivity contribution in [2.24, 2.45) is 12.1 Å². The third-order valence-corrected chi connectivity index (χ3v) is 6.28. The largest absolute Gasteiger partial charge is 0.496 e. The summed E-state index contributed by atoms with van der Waals surface area (Å²) >= 11 is 8.16. The highest BCUT2D eigenvalue weighted by Gasteiger charge is 2.13. The van der Waals surface area contributed by atoms with Gasteiger partial charge in [0, 0.05) is 28.7 Å². The molecule has 0 unspecified atom stereocenters. The van der Waals surface area contributed by atoms with Crippen molar-refractivity contribution in [3.63, 3.8) is 0 Å². The maximum atomic E-state index is 12.2. The summed E-state index contributed by atoms with van der Waals surface area (Å²) in [6, 6.07) is 11.3. The average molecular weight is 569 g/mol. The van der Waals surface area contributed by atoms with E-state index in [1.807, 2.05) is 35.9 Å². The zero-order valence-electron chi connectivity index (χ0n) is 16.9. The van der Waals surface area contributed by atoms with Gasteiger partial charge in [-0.1, -0.05) is 39.8 Å². The van der Waals surface area contributed by atoms with Crippen molar-refractivity contribution in [1.82, 2.24) is 20.2 Å². The number of hydrazone groups is 1. The lowest BCUT2D eigenvalue weighted by Crippen LogP contribution is -2.20. The number of nitrogens with one attached hydrogen (secondary N) is 1. The predicted octanol–water partition coefficient (Wildman–Crippen LogP) is 4.27. The third kappa shape index (κ3) is 5.86. The van der Waals surface area contributed by atoms with Crippen LogP contribution in [0.5, 0.6) is 11.5 Å². The molecule has 11 heteroatoms. The molecule has 0 fully saturated rings. The van der Waals surface area contributed by atoms with E-state index in [1.54, 1.807) is 26.4 Å². The van der Waals surface area contributed by atoms with Crippen LogP contribution >= 0.6 is 43.6 Å². The molecule has 0 spiro atoms. The minimum atomic E-state index is -0.264. The highest BCUT2D eigenvalue weighted by atomic mass is 79.9. The number of hydrogen-bond donors (Lipinski definition) is 1. The molecule has 1 heterocycles. The number of benzene rings is 2. The van der Waals surface area contributed by atoms with Crippen LogP contribution in [0.4, 0.5) is 0 Å². The zero-order valence-corrected chi connectivity index (χ0v) is 20.9. The van der Waals surface area contributed by atoms with Gasteiger partial charge < -0.3 is 14.0 Å². The van der Waals surface area contributed by atoms with Gasteiger partial charge in [0.15, 0.2) is 11.0 Å². The first kappa shape index (κ1) is 23.3. The SMILES string of the molecule is COc1cc(OC)c(/C=N\NC(=O)CSc2nnc(-c3cccc(Br)c3)n2C)cc1Br. The molecule has 8 nitrogen and oxygen atoms in total. The van der Waals surface area contributed by atoms with E-state index in [4.69, 9.17) is 9.47 Å². The second kappa shape index (κ2) is 10.8. The fourth-order valence-electron chi connectivity index (χ4n) is 2.64. The molecule has 1 N–H and O–H groups in total. The molecular weight excluding hydrogens is 550 g/mol. The van der Waals surface area contributed by atoms with Crippen LogP contribution in [-0.2, 0) is 11.8 Å². The number of halogens is 2. The highest BCUT2D eigenvalue weighted by Crippen LogP contribution is 2.32. The number of thioether (sulfide) groups is 1. The van der Waals surface area contributed by atoms with Gasteiger partial charge in [0.05, 0.1) is 30.7 Å². The number of carbonyl (C=O) groups excluding carboxylic acids is 1. The molecule has 0 radical (unpaired) electrons. The fourth-order valence-corrected chi connectivity index (χ4v) is 4.27. The van der Waals surface area contributed by atoms with Crippen LogP contribution in [0.2, 0.25) is 0 Å². The molecular formula is C20H19Br2N5O3S. The van der Waals surface area contributed by atoms with Gasteiger partial charge in [0.25, 0.3) is 5.91 Å². The van der Waals surface area contributed by atoms with Crippen LogP contribution in [0.1, 0.15) is 5.56 Å². The Balaban J connectivity index is 1.60. The summed E-state index contributed by atoms with van der Waals surface area (Å²) in [5.74, 6) is 1.82. The lowest BCUT2D eigenvalue weighted by Gasteiger charge is -2.09. The van der Waals surface area contributed by atoms with Gasteiger partial charge in [-0.05, 0) is 34.1 Å². The topological polar surface area (TPSA) is 90.6 Å². The third-order valence-electron chi connectivity index (χ3n) is 4.15. The van der Waals surface area contributed by atoms with E-state index in [0.29, 0.717) is 22.2 Å². The van der Waals surface area contributed by atoms with Gasteiger partial charge in [0.2, 0.25) is 0 Å². The first-order chi connectivity index (χ1) is 14.9. The Morgan fingerprint density at radius 2 is 1.97 bits per heavy atom. The van der Waals surface area contributed by atoms with E-state index >= 15 is 0 Å². The molecule has 162 valence electrons. The molecule has 0 aliphatic carbocycles. The number of aromatic nitrogens is 3. The van der Waals surface area contributed by atoms with Gasteiger partial charge >= 0.3 is 0 Å². The highest BCUT2D eigenvalue weighted by molar-refractivity contribution is 9.10. The van der Waals surface area contributed by atoms with Gasteiger partial charge in [-0.3, -0.25) is 4.79 Å². The van der Waals surface area contributed by atoms with Gasteiger partial charge in [-0.25, -0.2) is 5.43 Å². The Morgan fingerprint density at radius 1 is 1.19 bits per heavy atom. The fraction of sp³-hybridized carbons (Fsp3) is 0.200. The first-order valence-electron chi connectivity index (χ1n) is 8.94. The lowest BCUT2D eigenvalue weighted by atomic mass is 10.2. The summed E-state index contributed by atoms with van der Waals surface area (Å²) in [7, 11) is 4.99. The summed E-state index contributed by atoms with van der Waals surface area (Å²) < 4.78 is 14.1. The molecule has 0 saturated carbocycles. The summed E-state index contributed by atoms with van der Waals surface area (Å²) in [6.45, 7) is 0. The molecule has 0 aliphatic heterocycles. The van der Waals surface area contributed by atoms with Crippen molar-refractivity contribution in [1.29, 1.82) is 0 Å². The van der Waals surface area contributed by atoms with Gasteiger partial charge in [-0.15, -0.1) is 10.2 Å². The first-order valence-corrected chi connectivity index (χ1v) is 11.5. The smallest absolute Gasteiger partial charge is 0.250 e. The van der Waals surface area contributed by atoms with Gasteiger partial charge in [0.1, 0.15) is 11.5 Å². The van der Waals surface area contributed by atoms with Crippen LogP contribution in [0.15, 0.2) is 55.6 Å². The Bertz CT molecular complexity index is 1120. The van der Waals surface area contributed by atoms with Crippen LogP contribution in [0, 0.1) is 0 Å². The molecule has 1 aromatic heterocycles. The Labute approximate surface area is 200 Å². The number of carbonyl (C=O) groups is 1. The van der Waals surface area contributed by atoms with Crippen molar-refractivity contribution in [2.45, 2.75) is 5.16 Å². The number of rotatable bonds is 8. The summed E-state index contributed by atoms with van der Waals surface area (Å²) in [6.07, 6.45) is 1.51. The number of hydrogen-bond acceptors (Lipinski definition) is 7. The van der Waals surface area contributed by atoms with Crippen molar-refractivity contribution < 1.29 is 14.3 Å². The number of nitrogens with zero attached hydrogens (tertiary/aromatic N) is 4. The minimum absolute atomic E-state index is 0.144. The lowest BCUT2D eigenvalue weighted by molar-refractivity contribution is -0.118. The molecule has 31 heavy (non-hydrogen) atoms. The van der Waals surface area contributed by atoms with Crippen LogP contribution in [-0.4, -0.2) is 46.9 Å². The molecule has 0 aliphatic rings. The van der Waals surface area contributed by atoms with Crippen LogP contribution < -0.4 is 14.9 Å². The molecule has 1 amide bonds. The minimum Gasteiger partial charge on any atom is -0.496 e. The van der Waals surface area contributed by atoms with E-state index in [1.165, 1.54) is 18.0 Å². The predicted molar refractivity (Wildman–Crippen MR) is 128 cm³/mol. The van der Waals surface area contributed by atoms with E-state index in [2.05, 4.69) is 52.6 Å². The Kier molecular flexibility index (Phi) is 8.10. The summed E-state index contributed by atoms with van der Waals surface area (Å²) in [5.41, 5.74) is 4.14. The van der Waals surface area contributed by atoms with E-state index in [-0.39, 0.29) is 11.7 Å². The quantitative estimate of drug-likeness (QED) is 0.248. The molecule has 0 atom stereocenters. The summed E-state index contributed by atoms with van der Waals surface area (Å²) in [4.78, 5) is 12.2. The van der Waals surface area contributed by atoms with Crippen molar-refractivity contribution in [3.8, 4) is 22.9 Å². The van der Waals surface area contributed by atoms with Crippen molar-refractivity contribution >= 4 is 55.7 Å². The number of amides is 1. The maximum Gasteiger partial charge on any atom is 0.250 e. The maximum absolute atomic E-state index is 12.2. The second-order valence-electron chi connectivity index (χ2n) is 6.19. The number of ether oxygens (including phenoxy) is 2. The standard InChI is InChI=1S/C20H19Br2N5O3S/c1-27-19(12-5-4-6-14(21)7-12)25-26-20(27)31-11-18(28)24-23-10-13-8-15(22)17(30-3)9-16(13)29-2/h4-10H,11H2,1-3H3,(H,24,28)/b23-10-. The summed E-state index contributed by atoms with van der Waals surface area (Å²) in [5, 5.41) is 13.1. The average Bonchev–Trinajstić information content (AvgIpc) is 3.12. The van der Waals surface area contributed by atoms with Crippen LogP contribution in [0.25, 0.3) is 11.4 Å². The Hall–Kier alpha value is -2.37. The molecule has 3 rings (SSSR count). The normalized spacial score (nSPS) is 11.0. The molecule has 2 aromatic carbocycles. The molecule has 0 bridgehead atoms.